The molecule has 2 fully saturated rings. The Hall–Kier alpha value is -3.59. The minimum Gasteiger partial charge on any atom is -0.424 e. The molecule has 4 aromatic rings. The average molecular weight is 460 g/mol. The molecule has 6 rings (SSSR count). The summed E-state index contributed by atoms with van der Waals surface area (Å²) in [7, 11) is 2.14. The van der Waals surface area contributed by atoms with Gasteiger partial charge in [0, 0.05) is 60.8 Å². The summed E-state index contributed by atoms with van der Waals surface area (Å²) >= 11 is 0. The number of aromatic amines is 1. The van der Waals surface area contributed by atoms with E-state index in [-0.39, 0.29) is 0 Å². The third kappa shape index (κ3) is 4.31. The van der Waals surface area contributed by atoms with Crippen molar-refractivity contribution in [2.75, 3.05) is 43.4 Å². The highest BCUT2D eigenvalue weighted by molar-refractivity contribution is 5.81. The van der Waals surface area contributed by atoms with Crippen LogP contribution in [0.25, 0.3) is 10.9 Å². The highest BCUT2D eigenvalue weighted by Crippen LogP contribution is 2.37. The van der Waals surface area contributed by atoms with E-state index in [4.69, 9.17) is 14.2 Å². The zero-order chi connectivity index (χ0) is 23.1. The molecule has 2 N–H and O–H groups in total. The van der Waals surface area contributed by atoms with Crippen molar-refractivity contribution in [3.8, 4) is 11.8 Å². The summed E-state index contributed by atoms with van der Waals surface area (Å²) < 4.78 is 11.7. The first-order valence-corrected chi connectivity index (χ1v) is 11.9. The van der Waals surface area contributed by atoms with Crippen LogP contribution in [-0.2, 0) is 0 Å². The summed E-state index contributed by atoms with van der Waals surface area (Å²) in [6.45, 7) is 5.81. The van der Waals surface area contributed by atoms with Gasteiger partial charge in [0.1, 0.15) is 17.4 Å². The van der Waals surface area contributed by atoms with Crippen LogP contribution in [0.2, 0.25) is 0 Å². The van der Waals surface area contributed by atoms with E-state index in [2.05, 4.69) is 43.4 Å². The lowest BCUT2D eigenvalue weighted by Crippen LogP contribution is -2.44. The quantitative estimate of drug-likeness (QED) is 0.424. The number of hydrogen-bond donors (Lipinski definition) is 2. The molecule has 176 valence electrons. The monoisotopic (exact) mass is 459 g/mol. The van der Waals surface area contributed by atoms with Crippen LogP contribution in [0.3, 0.4) is 0 Å². The van der Waals surface area contributed by atoms with Crippen LogP contribution in [0.1, 0.15) is 36.6 Å². The van der Waals surface area contributed by atoms with E-state index >= 15 is 0 Å². The lowest BCUT2D eigenvalue weighted by molar-refractivity contribution is 0.311. The standard InChI is InChI=1S/C25H29N7O2/c1-16-12-18-13-19(6-7-20(18)26-16)33-25-28-22(15-23(29-25)32-10-8-31(2)9-11-32)27-24-14-21(30-34-24)17-4-3-5-17/h6-7,12-15,17,26H,3-5,8-11H2,1-2H3,(H,27,28,29). The number of aromatic nitrogens is 4. The van der Waals surface area contributed by atoms with Gasteiger partial charge in [-0.25, -0.2) is 0 Å². The molecule has 0 spiro atoms. The molecule has 4 heterocycles. The molecular weight excluding hydrogens is 430 g/mol. The lowest BCUT2D eigenvalue weighted by atomic mass is 9.83. The maximum absolute atomic E-state index is 6.14. The van der Waals surface area contributed by atoms with Crippen LogP contribution in [0.15, 0.2) is 40.9 Å². The largest absolute Gasteiger partial charge is 0.424 e. The number of H-pyrrole nitrogens is 1. The number of hydrogen-bond acceptors (Lipinski definition) is 8. The van der Waals surface area contributed by atoms with Gasteiger partial charge in [0.05, 0.1) is 5.69 Å². The number of ether oxygens (including phenoxy) is 1. The lowest BCUT2D eigenvalue weighted by Gasteiger charge is -2.33. The zero-order valence-corrected chi connectivity index (χ0v) is 19.5. The fourth-order valence-electron chi connectivity index (χ4n) is 4.52. The number of benzene rings is 1. The molecular formula is C25H29N7O2. The molecule has 3 aromatic heterocycles. The Balaban J connectivity index is 1.29. The fraction of sp³-hybridized carbons (Fsp3) is 0.400. The van der Waals surface area contributed by atoms with Gasteiger partial charge in [0.25, 0.3) is 0 Å². The normalized spacial score (nSPS) is 17.2. The maximum Gasteiger partial charge on any atom is 0.325 e. The molecule has 0 unspecified atom stereocenters. The molecule has 0 radical (unpaired) electrons. The zero-order valence-electron chi connectivity index (χ0n) is 19.5. The van der Waals surface area contributed by atoms with Crippen molar-refractivity contribution in [3.63, 3.8) is 0 Å². The van der Waals surface area contributed by atoms with Gasteiger partial charge in [-0.05, 0) is 51.1 Å². The summed E-state index contributed by atoms with van der Waals surface area (Å²) in [5.74, 6) is 3.24. The SMILES string of the molecule is Cc1cc2cc(Oc3nc(Nc4cc(C5CCC5)no4)cc(N4CCN(C)CC4)n3)ccc2[nH]1. The average Bonchev–Trinajstić information content (AvgIpc) is 3.38. The van der Waals surface area contributed by atoms with Gasteiger partial charge in [-0.1, -0.05) is 11.6 Å². The topological polar surface area (TPSA) is 95.3 Å². The molecule has 1 aliphatic heterocycles. The molecule has 1 saturated carbocycles. The summed E-state index contributed by atoms with van der Waals surface area (Å²) in [6.07, 6.45) is 3.61. The van der Waals surface area contributed by atoms with E-state index in [0.29, 0.717) is 29.4 Å². The molecule has 9 nitrogen and oxygen atoms in total. The fourth-order valence-corrected chi connectivity index (χ4v) is 4.52. The van der Waals surface area contributed by atoms with Crippen molar-refractivity contribution in [2.45, 2.75) is 32.1 Å². The number of likely N-dealkylation sites (N-methyl/N-ethyl adjacent to an activating group) is 1. The first-order valence-electron chi connectivity index (χ1n) is 11.9. The van der Waals surface area contributed by atoms with Crippen molar-refractivity contribution < 1.29 is 9.26 Å². The third-order valence-electron chi connectivity index (χ3n) is 6.76. The second-order valence-electron chi connectivity index (χ2n) is 9.36. The minimum absolute atomic E-state index is 0.296. The molecule has 0 bridgehead atoms. The summed E-state index contributed by atoms with van der Waals surface area (Å²) in [6, 6.07) is 12.3. The first kappa shape index (κ1) is 21.0. The summed E-state index contributed by atoms with van der Waals surface area (Å²) in [5.41, 5.74) is 3.20. The van der Waals surface area contributed by atoms with Crippen LogP contribution in [-0.4, -0.2) is 58.2 Å². The van der Waals surface area contributed by atoms with Gasteiger partial charge < -0.3 is 29.4 Å². The number of piperazine rings is 1. The number of fused-ring (bicyclic) bond motifs is 1. The molecule has 0 amide bonds. The van der Waals surface area contributed by atoms with Gasteiger partial charge in [-0.3, -0.25) is 0 Å². The Morgan fingerprint density at radius 2 is 1.91 bits per heavy atom. The van der Waals surface area contributed by atoms with Crippen LogP contribution >= 0.6 is 0 Å². The van der Waals surface area contributed by atoms with Gasteiger partial charge in [0.2, 0.25) is 5.88 Å². The maximum atomic E-state index is 6.14. The predicted octanol–water partition coefficient (Wildman–Crippen LogP) is 4.81. The van der Waals surface area contributed by atoms with E-state index < -0.39 is 0 Å². The first-order chi connectivity index (χ1) is 16.6. The predicted molar refractivity (Wildman–Crippen MR) is 131 cm³/mol. The van der Waals surface area contributed by atoms with Gasteiger partial charge in [0.15, 0.2) is 0 Å². The number of nitrogens with zero attached hydrogens (tertiary/aromatic N) is 5. The van der Waals surface area contributed by atoms with Gasteiger partial charge in [-0.15, -0.1) is 0 Å². The van der Waals surface area contributed by atoms with E-state index in [1.54, 1.807) is 0 Å². The number of aryl methyl sites for hydroxylation is 1. The Kier molecular flexibility index (Phi) is 5.33. The molecule has 9 heteroatoms. The smallest absolute Gasteiger partial charge is 0.325 e. The van der Waals surface area contributed by atoms with Crippen molar-refractivity contribution in [1.82, 2.24) is 25.0 Å². The van der Waals surface area contributed by atoms with Crippen LogP contribution in [0.5, 0.6) is 11.8 Å². The van der Waals surface area contributed by atoms with Gasteiger partial charge in [-0.2, -0.15) is 9.97 Å². The van der Waals surface area contributed by atoms with Crippen molar-refractivity contribution in [3.05, 3.63) is 47.8 Å². The molecule has 1 aliphatic carbocycles. The summed E-state index contributed by atoms with van der Waals surface area (Å²) in [5, 5.41) is 8.61. The number of anilines is 3. The molecule has 0 atom stereocenters. The molecule has 1 aromatic carbocycles. The Labute approximate surface area is 198 Å². The second kappa shape index (κ2) is 8.64. The van der Waals surface area contributed by atoms with E-state index in [9.17, 15) is 0 Å². The van der Waals surface area contributed by atoms with Crippen LogP contribution in [0, 0.1) is 6.92 Å². The van der Waals surface area contributed by atoms with E-state index in [1.807, 2.05) is 37.3 Å². The van der Waals surface area contributed by atoms with Crippen LogP contribution < -0.4 is 15.0 Å². The Morgan fingerprint density at radius 3 is 2.71 bits per heavy atom. The highest BCUT2D eigenvalue weighted by Gasteiger charge is 2.24. The van der Waals surface area contributed by atoms with Gasteiger partial charge >= 0.3 is 6.01 Å². The number of rotatable bonds is 6. The summed E-state index contributed by atoms with van der Waals surface area (Å²) in [4.78, 5) is 17.3. The third-order valence-corrected chi connectivity index (χ3v) is 6.76. The van der Waals surface area contributed by atoms with Crippen molar-refractivity contribution in [1.29, 1.82) is 0 Å². The molecule has 1 saturated heterocycles. The van der Waals surface area contributed by atoms with Crippen molar-refractivity contribution in [2.24, 2.45) is 0 Å². The van der Waals surface area contributed by atoms with E-state index in [1.165, 1.54) is 19.3 Å². The molecule has 2 aliphatic rings. The minimum atomic E-state index is 0.296. The second-order valence-corrected chi connectivity index (χ2v) is 9.36. The van der Waals surface area contributed by atoms with Crippen LogP contribution in [0.4, 0.5) is 17.5 Å². The Bertz CT molecular complexity index is 1300. The number of nitrogens with one attached hydrogen (secondary N) is 2. The highest BCUT2D eigenvalue weighted by atomic mass is 16.5. The van der Waals surface area contributed by atoms with E-state index in [0.717, 1.165) is 54.3 Å². The van der Waals surface area contributed by atoms with Crippen molar-refractivity contribution >= 4 is 28.4 Å². The molecule has 34 heavy (non-hydrogen) atoms. The Morgan fingerprint density at radius 1 is 1.06 bits per heavy atom.